The van der Waals surface area contributed by atoms with Crippen LogP contribution >= 0.6 is 0 Å². The minimum atomic E-state index is -3.13. The van der Waals surface area contributed by atoms with Crippen molar-refractivity contribution < 1.29 is 45.0 Å². The zero-order chi connectivity index (χ0) is 25.7. The predicted octanol–water partition coefficient (Wildman–Crippen LogP) is -1.01. The van der Waals surface area contributed by atoms with Crippen molar-refractivity contribution in [3.63, 3.8) is 0 Å². The summed E-state index contributed by atoms with van der Waals surface area (Å²) in [5, 5.41) is 67.0. The van der Waals surface area contributed by atoms with E-state index in [9.17, 15) is 45.0 Å². The van der Waals surface area contributed by atoms with E-state index in [2.05, 4.69) is 0 Å². The molecular formula is C23H26N2O9. The van der Waals surface area contributed by atoms with Crippen molar-refractivity contribution in [1.82, 2.24) is 4.90 Å². The fourth-order valence-electron chi connectivity index (χ4n) is 5.88. The Hall–Kier alpha value is -3.25. The lowest BCUT2D eigenvalue weighted by Crippen LogP contribution is -2.76. The summed E-state index contributed by atoms with van der Waals surface area (Å²) < 4.78 is 0. The Balaban J connectivity index is 2.13. The lowest BCUT2D eigenvalue weighted by atomic mass is 9.50. The van der Waals surface area contributed by atoms with Crippen molar-refractivity contribution in [3.8, 4) is 5.75 Å². The van der Waals surface area contributed by atoms with E-state index in [0.717, 1.165) is 0 Å². The number of phenolic OH excluding ortho intramolecular Hbond substituents is 1. The minimum Gasteiger partial charge on any atom is -0.509 e. The third-order valence-electron chi connectivity index (χ3n) is 7.79. The first-order chi connectivity index (χ1) is 15.6. The number of carbonyl (C=O) groups is 3. The first-order valence-corrected chi connectivity index (χ1v) is 10.5. The van der Waals surface area contributed by atoms with Gasteiger partial charge in [-0.2, -0.15) is 0 Å². The fourth-order valence-corrected chi connectivity index (χ4v) is 5.88. The molecule has 1 amide bonds. The van der Waals surface area contributed by atoms with E-state index >= 15 is 0 Å². The second-order valence-corrected chi connectivity index (χ2v) is 9.61. The Morgan fingerprint density at radius 3 is 2.18 bits per heavy atom. The number of hydrogen-bond acceptors (Lipinski definition) is 10. The third-order valence-corrected chi connectivity index (χ3v) is 7.79. The number of nitrogens with zero attached hydrogens (tertiary/aromatic N) is 1. The number of primary amides is 1. The largest absolute Gasteiger partial charge is 0.509 e. The maximum absolute atomic E-state index is 13.8. The molecule has 3 aliphatic carbocycles. The number of benzene rings is 1. The van der Waals surface area contributed by atoms with Gasteiger partial charge < -0.3 is 36.4 Å². The molecule has 8 N–H and O–H groups in total. The molecule has 1 aromatic carbocycles. The number of aromatic hydroxyl groups is 1. The number of aliphatic hydroxyl groups is 5. The molecule has 182 valence electrons. The van der Waals surface area contributed by atoms with E-state index in [4.69, 9.17) is 5.73 Å². The maximum Gasteiger partial charge on any atom is 0.255 e. The smallest absolute Gasteiger partial charge is 0.255 e. The summed E-state index contributed by atoms with van der Waals surface area (Å²) in [6.45, 7) is 2.56. The summed E-state index contributed by atoms with van der Waals surface area (Å²) in [7, 11) is 2.86. The van der Waals surface area contributed by atoms with Crippen LogP contribution in [0, 0.1) is 11.8 Å². The summed E-state index contributed by atoms with van der Waals surface area (Å²) in [4.78, 5) is 40.5. The Morgan fingerprint density at radius 2 is 1.65 bits per heavy atom. The third kappa shape index (κ3) is 2.47. The SMILES string of the molecule is CN(C)[C@]1(C)C(O)=C(C(N)=O)C(=O)C2(O)C(=O)C3=C(O)c4c(O)cccc4C(C)(O)C3C(O)C21. The highest BCUT2D eigenvalue weighted by Gasteiger charge is 2.73. The summed E-state index contributed by atoms with van der Waals surface area (Å²) >= 11 is 0. The van der Waals surface area contributed by atoms with Gasteiger partial charge in [0, 0.05) is 0 Å². The number of rotatable bonds is 2. The van der Waals surface area contributed by atoms with Gasteiger partial charge >= 0.3 is 0 Å². The van der Waals surface area contributed by atoms with Gasteiger partial charge in [0.2, 0.25) is 11.6 Å². The predicted molar refractivity (Wildman–Crippen MR) is 116 cm³/mol. The molecule has 34 heavy (non-hydrogen) atoms. The molecule has 1 aromatic rings. The van der Waals surface area contributed by atoms with Gasteiger partial charge in [-0.25, -0.2) is 0 Å². The Bertz CT molecular complexity index is 1230. The average molecular weight is 474 g/mol. The number of fused-ring (bicyclic) bond motifs is 3. The van der Waals surface area contributed by atoms with Crippen LogP contribution in [-0.2, 0) is 20.0 Å². The highest BCUT2D eigenvalue weighted by atomic mass is 16.3. The van der Waals surface area contributed by atoms with Crippen molar-refractivity contribution in [2.75, 3.05) is 14.1 Å². The highest BCUT2D eigenvalue weighted by molar-refractivity contribution is 6.33. The number of nitrogens with two attached hydrogens (primary N) is 1. The molecule has 5 unspecified atom stereocenters. The van der Waals surface area contributed by atoms with E-state index in [-0.39, 0.29) is 11.1 Å². The van der Waals surface area contributed by atoms with Gasteiger partial charge in [-0.15, -0.1) is 0 Å². The molecule has 0 aromatic heterocycles. The molecule has 6 atom stereocenters. The van der Waals surface area contributed by atoms with Gasteiger partial charge in [-0.3, -0.25) is 19.3 Å². The van der Waals surface area contributed by atoms with Crippen LogP contribution in [0.5, 0.6) is 5.75 Å². The minimum absolute atomic E-state index is 0.00215. The first kappa shape index (κ1) is 23.9. The maximum atomic E-state index is 13.8. The van der Waals surface area contributed by atoms with Gasteiger partial charge in [-0.1, -0.05) is 12.1 Å². The normalized spacial score (nSPS) is 37.5. The van der Waals surface area contributed by atoms with E-state index in [0.29, 0.717) is 0 Å². The van der Waals surface area contributed by atoms with Gasteiger partial charge in [0.05, 0.1) is 40.2 Å². The molecule has 4 rings (SSSR count). The zero-order valence-corrected chi connectivity index (χ0v) is 18.9. The molecule has 0 spiro atoms. The average Bonchev–Trinajstić information content (AvgIpc) is 2.73. The van der Waals surface area contributed by atoms with E-state index in [1.165, 1.54) is 51.0 Å². The number of Topliss-reactive ketones (excluding diaryl/α,β-unsaturated/α-hetero) is 2. The van der Waals surface area contributed by atoms with Crippen LogP contribution in [0.2, 0.25) is 0 Å². The summed E-state index contributed by atoms with van der Waals surface area (Å²) in [6, 6.07) is 3.99. The quantitative estimate of drug-likeness (QED) is 0.206. The molecule has 0 bridgehead atoms. The van der Waals surface area contributed by atoms with Crippen molar-refractivity contribution in [2.24, 2.45) is 17.6 Å². The summed E-state index contributed by atoms with van der Waals surface area (Å²) in [5.41, 5.74) is -3.77. The van der Waals surface area contributed by atoms with Crippen LogP contribution in [0.1, 0.15) is 25.0 Å². The van der Waals surface area contributed by atoms with E-state index in [1.807, 2.05) is 0 Å². The second-order valence-electron chi connectivity index (χ2n) is 9.61. The number of amides is 1. The topological polar surface area (TPSA) is 202 Å². The second kappa shape index (κ2) is 6.89. The molecular weight excluding hydrogens is 448 g/mol. The van der Waals surface area contributed by atoms with Gasteiger partial charge in [-0.05, 0) is 39.6 Å². The number of aliphatic hydroxyl groups excluding tert-OH is 3. The lowest BCUT2D eigenvalue weighted by molar-refractivity contribution is -0.195. The molecule has 11 nitrogen and oxygen atoms in total. The molecule has 0 saturated heterocycles. The number of carbonyl (C=O) groups excluding carboxylic acids is 3. The number of hydrogen-bond donors (Lipinski definition) is 7. The van der Waals surface area contributed by atoms with Crippen LogP contribution in [0.15, 0.2) is 35.1 Å². The van der Waals surface area contributed by atoms with Crippen molar-refractivity contribution >= 4 is 23.2 Å². The zero-order valence-electron chi connectivity index (χ0n) is 18.9. The Morgan fingerprint density at radius 1 is 1.06 bits per heavy atom. The summed E-state index contributed by atoms with van der Waals surface area (Å²) in [5.74, 6) is -9.85. The number of ketones is 2. The Kier molecular flexibility index (Phi) is 4.84. The standard InChI is InChI=1S/C23H26N2O9/c1-21(25(3)4)16-15(28)13-11(14(27)10-8(22(13,2)33)6-5-7-9(10)26)18(30)23(16,34)19(31)12(17(21)29)20(24)32/h5-7,13,15-16,26-29,33-34H,1-4H3,(H2,24,32)/t13?,15?,16?,21-,22?,23?/m0/s1. The molecule has 11 heteroatoms. The van der Waals surface area contributed by atoms with E-state index in [1.54, 1.807) is 0 Å². The first-order valence-electron chi connectivity index (χ1n) is 10.5. The molecule has 1 fully saturated rings. The van der Waals surface area contributed by atoms with Crippen LogP contribution in [0.4, 0.5) is 0 Å². The molecule has 0 radical (unpaired) electrons. The monoisotopic (exact) mass is 474 g/mol. The van der Waals surface area contributed by atoms with Crippen molar-refractivity contribution in [3.05, 3.63) is 46.2 Å². The summed E-state index contributed by atoms with van der Waals surface area (Å²) in [6.07, 6.45) is -1.90. The van der Waals surface area contributed by atoms with Crippen LogP contribution < -0.4 is 5.73 Å². The van der Waals surface area contributed by atoms with E-state index < -0.39 is 80.6 Å². The van der Waals surface area contributed by atoms with Gasteiger partial charge in [0.25, 0.3) is 5.91 Å². The van der Waals surface area contributed by atoms with Crippen molar-refractivity contribution in [2.45, 2.75) is 36.7 Å². The fraction of sp³-hybridized carbons (Fsp3) is 0.435. The molecule has 0 aliphatic heterocycles. The Labute approximate surface area is 194 Å². The van der Waals surface area contributed by atoms with Crippen LogP contribution in [-0.4, -0.2) is 84.4 Å². The lowest BCUT2D eigenvalue weighted by Gasteiger charge is -2.58. The van der Waals surface area contributed by atoms with Crippen LogP contribution in [0.3, 0.4) is 0 Å². The van der Waals surface area contributed by atoms with Crippen molar-refractivity contribution in [1.29, 1.82) is 0 Å². The number of phenols is 1. The van der Waals surface area contributed by atoms with Gasteiger partial charge in [0.1, 0.15) is 22.8 Å². The van der Waals surface area contributed by atoms with Crippen LogP contribution in [0.25, 0.3) is 5.76 Å². The van der Waals surface area contributed by atoms with Gasteiger partial charge in [0.15, 0.2) is 5.60 Å². The molecule has 3 aliphatic rings. The molecule has 1 saturated carbocycles. The number of likely N-dealkylation sites (N-methyl/N-ethyl adjacent to an activating group) is 1. The molecule has 0 heterocycles. The highest BCUT2D eigenvalue weighted by Crippen LogP contribution is 2.58.